The zero-order valence-corrected chi connectivity index (χ0v) is 19.0. The van der Waals surface area contributed by atoms with Crippen molar-refractivity contribution in [2.75, 3.05) is 65.5 Å². The highest BCUT2D eigenvalue weighted by Gasteiger charge is 2.29. The van der Waals surface area contributed by atoms with Gasteiger partial charge in [-0.15, -0.1) is 0 Å². The van der Waals surface area contributed by atoms with Gasteiger partial charge in [-0.05, 0) is 49.2 Å². The van der Waals surface area contributed by atoms with Gasteiger partial charge in [0.15, 0.2) is 0 Å². The Hall–Kier alpha value is -2.44. The molecule has 0 bridgehead atoms. The van der Waals surface area contributed by atoms with Crippen LogP contribution in [0.4, 0.5) is 5.69 Å². The molecule has 4 rings (SSSR count). The quantitative estimate of drug-likeness (QED) is 0.676. The third kappa shape index (κ3) is 5.25. The first-order chi connectivity index (χ1) is 15.2. The van der Waals surface area contributed by atoms with E-state index in [1.54, 1.807) is 21.3 Å². The fourth-order valence-electron chi connectivity index (χ4n) is 4.91. The van der Waals surface area contributed by atoms with E-state index in [4.69, 9.17) is 14.2 Å². The van der Waals surface area contributed by atoms with Crippen LogP contribution >= 0.6 is 0 Å². The number of hydrogen-bond donors (Lipinski definition) is 0. The second kappa shape index (κ2) is 10.2. The van der Waals surface area contributed by atoms with E-state index >= 15 is 0 Å². The van der Waals surface area contributed by atoms with Gasteiger partial charge in [0.2, 0.25) is 0 Å². The molecule has 2 saturated heterocycles. The Morgan fingerprint density at radius 1 is 0.839 bits per heavy atom. The highest BCUT2D eigenvalue weighted by atomic mass is 16.5. The summed E-state index contributed by atoms with van der Waals surface area (Å²) < 4.78 is 16.5. The minimum Gasteiger partial charge on any atom is -0.497 e. The summed E-state index contributed by atoms with van der Waals surface area (Å²) in [6, 6.07) is 15.2. The number of para-hydroxylation sites is 2. The summed E-state index contributed by atoms with van der Waals surface area (Å²) in [5, 5.41) is 0. The average Bonchev–Trinajstić information content (AvgIpc) is 2.84. The van der Waals surface area contributed by atoms with Crippen molar-refractivity contribution in [3.05, 3.63) is 48.0 Å². The van der Waals surface area contributed by atoms with Crippen LogP contribution in [0.1, 0.15) is 18.4 Å². The highest BCUT2D eigenvalue weighted by Crippen LogP contribution is 2.30. The van der Waals surface area contributed by atoms with E-state index in [1.807, 2.05) is 18.2 Å². The summed E-state index contributed by atoms with van der Waals surface area (Å²) in [7, 11) is 5.17. The summed E-state index contributed by atoms with van der Waals surface area (Å²) in [4.78, 5) is 7.72. The zero-order valence-electron chi connectivity index (χ0n) is 19.0. The predicted molar refractivity (Wildman–Crippen MR) is 125 cm³/mol. The lowest BCUT2D eigenvalue weighted by Crippen LogP contribution is -2.55. The van der Waals surface area contributed by atoms with Crippen LogP contribution in [0, 0.1) is 0 Å². The Labute approximate surface area is 186 Å². The van der Waals surface area contributed by atoms with E-state index in [9.17, 15) is 0 Å². The van der Waals surface area contributed by atoms with E-state index in [0.717, 1.165) is 63.1 Å². The molecule has 1 atom stereocenters. The lowest BCUT2D eigenvalue weighted by atomic mass is 10.0. The van der Waals surface area contributed by atoms with Crippen LogP contribution in [-0.4, -0.2) is 76.4 Å². The lowest BCUT2D eigenvalue weighted by molar-refractivity contribution is 0.0886. The van der Waals surface area contributed by atoms with Gasteiger partial charge in [-0.2, -0.15) is 0 Å². The van der Waals surface area contributed by atoms with Gasteiger partial charge in [-0.1, -0.05) is 12.1 Å². The topological polar surface area (TPSA) is 37.4 Å². The number of benzene rings is 2. The zero-order chi connectivity index (χ0) is 21.6. The second-order valence-electron chi connectivity index (χ2n) is 8.45. The van der Waals surface area contributed by atoms with Gasteiger partial charge in [0.05, 0.1) is 27.0 Å². The van der Waals surface area contributed by atoms with E-state index in [0.29, 0.717) is 6.04 Å². The molecule has 0 saturated carbocycles. The molecule has 2 heterocycles. The molecule has 0 unspecified atom stereocenters. The molecule has 168 valence electrons. The van der Waals surface area contributed by atoms with E-state index in [1.165, 1.54) is 24.1 Å². The van der Waals surface area contributed by atoms with E-state index in [-0.39, 0.29) is 0 Å². The molecule has 2 aromatic carbocycles. The van der Waals surface area contributed by atoms with Crippen LogP contribution in [0.15, 0.2) is 42.5 Å². The molecule has 2 aromatic rings. The molecule has 2 fully saturated rings. The van der Waals surface area contributed by atoms with Crippen LogP contribution in [-0.2, 0) is 6.54 Å². The predicted octanol–water partition coefficient (Wildman–Crippen LogP) is 3.50. The molecular weight excluding hydrogens is 390 g/mol. The first-order valence-corrected chi connectivity index (χ1v) is 11.3. The smallest absolute Gasteiger partial charge is 0.142 e. The van der Waals surface area contributed by atoms with Crippen LogP contribution in [0.3, 0.4) is 0 Å². The molecule has 31 heavy (non-hydrogen) atoms. The molecule has 0 N–H and O–H groups in total. The van der Waals surface area contributed by atoms with E-state index in [2.05, 4.69) is 39.0 Å². The summed E-state index contributed by atoms with van der Waals surface area (Å²) in [5.41, 5.74) is 2.46. The molecular formula is C25H35N3O3. The van der Waals surface area contributed by atoms with Crippen molar-refractivity contribution in [1.29, 1.82) is 0 Å². The minimum atomic E-state index is 0.626. The number of nitrogens with zero attached hydrogens (tertiary/aromatic N) is 3. The van der Waals surface area contributed by atoms with Gasteiger partial charge in [0.1, 0.15) is 17.2 Å². The van der Waals surface area contributed by atoms with Crippen molar-refractivity contribution in [2.24, 2.45) is 0 Å². The number of methoxy groups -OCH3 is 3. The van der Waals surface area contributed by atoms with Crippen LogP contribution in [0.2, 0.25) is 0 Å². The number of ether oxygens (including phenoxy) is 3. The second-order valence-corrected chi connectivity index (χ2v) is 8.45. The van der Waals surface area contributed by atoms with Crippen molar-refractivity contribution >= 4 is 5.69 Å². The van der Waals surface area contributed by atoms with Crippen molar-refractivity contribution in [3.63, 3.8) is 0 Å². The largest absolute Gasteiger partial charge is 0.497 e. The first-order valence-electron chi connectivity index (χ1n) is 11.3. The SMILES string of the molecule is COc1cc(CN2CCC[C@@H](N3CCN(c4ccccc4OC)CC3)C2)cc(OC)c1. The first kappa shape index (κ1) is 21.8. The summed E-state index contributed by atoms with van der Waals surface area (Å²) in [5.74, 6) is 2.68. The molecule has 0 spiro atoms. The van der Waals surface area contributed by atoms with Crippen LogP contribution < -0.4 is 19.1 Å². The Morgan fingerprint density at radius 3 is 2.23 bits per heavy atom. The molecule has 2 aliphatic rings. The van der Waals surface area contributed by atoms with Gasteiger partial charge in [0, 0.05) is 51.4 Å². The summed E-state index contributed by atoms with van der Waals surface area (Å²) in [6.07, 6.45) is 2.53. The van der Waals surface area contributed by atoms with Crippen molar-refractivity contribution in [1.82, 2.24) is 9.80 Å². The molecule has 0 aliphatic carbocycles. The average molecular weight is 426 g/mol. The lowest BCUT2D eigenvalue weighted by Gasteiger charge is -2.44. The number of piperazine rings is 1. The number of rotatable bonds is 7. The Bertz CT molecular complexity index is 829. The normalized spacial score (nSPS) is 20.5. The fourth-order valence-corrected chi connectivity index (χ4v) is 4.91. The maximum atomic E-state index is 5.57. The molecule has 6 nitrogen and oxygen atoms in total. The van der Waals surface area contributed by atoms with Crippen LogP contribution in [0.25, 0.3) is 0 Å². The number of piperidine rings is 1. The maximum Gasteiger partial charge on any atom is 0.142 e. The fraction of sp³-hybridized carbons (Fsp3) is 0.520. The van der Waals surface area contributed by atoms with E-state index < -0.39 is 0 Å². The molecule has 2 aliphatic heterocycles. The molecule has 0 amide bonds. The maximum absolute atomic E-state index is 5.57. The van der Waals surface area contributed by atoms with Crippen molar-refractivity contribution in [3.8, 4) is 17.2 Å². The number of anilines is 1. The molecule has 6 heteroatoms. The van der Waals surface area contributed by atoms with Crippen molar-refractivity contribution in [2.45, 2.75) is 25.4 Å². The monoisotopic (exact) mass is 425 g/mol. The number of hydrogen-bond acceptors (Lipinski definition) is 6. The Kier molecular flexibility index (Phi) is 7.20. The molecule has 0 radical (unpaired) electrons. The van der Waals surface area contributed by atoms with Gasteiger partial charge in [-0.25, -0.2) is 0 Å². The summed E-state index contributed by atoms with van der Waals surface area (Å²) in [6.45, 7) is 7.50. The Balaban J connectivity index is 1.34. The molecule has 0 aromatic heterocycles. The van der Waals surface area contributed by atoms with Gasteiger partial charge < -0.3 is 19.1 Å². The van der Waals surface area contributed by atoms with Crippen molar-refractivity contribution < 1.29 is 14.2 Å². The standard InChI is InChI=1S/C25H35N3O3/c1-29-22-15-20(16-23(17-22)30-2)18-26-10-6-7-21(19-26)27-11-13-28(14-12-27)24-8-4-5-9-25(24)31-3/h4-5,8-9,15-17,21H,6-7,10-14,18-19H2,1-3H3/t21-/m1/s1. The van der Waals surface area contributed by atoms with Gasteiger partial charge >= 0.3 is 0 Å². The number of likely N-dealkylation sites (tertiary alicyclic amines) is 1. The van der Waals surface area contributed by atoms with Gasteiger partial charge in [-0.3, -0.25) is 9.80 Å². The Morgan fingerprint density at radius 2 is 1.55 bits per heavy atom. The minimum absolute atomic E-state index is 0.626. The van der Waals surface area contributed by atoms with Crippen LogP contribution in [0.5, 0.6) is 17.2 Å². The van der Waals surface area contributed by atoms with Gasteiger partial charge in [0.25, 0.3) is 0 Å². The summed E-state index contributed by atoms with van der Waals surface area (Å²) >= 11 is 0. The third-order valence-corrected chi connectivity index (χ3v) is 6.55. The highest BCUT2D eigenvalue weighted by molar-refractivity contribution is 5.58. The third-order valence-electron chi connectivity index (χ3n) is 6.55.